The van der Waals surface area contributed by atoms with Crippen LogP contribution in [0.1, 0.15) is 18.5 Å². The summed E-state index contributed by atoms with van der Waals surface area (Å²) in [7, 11) is 1.98. The summed E-state index contributed by atoms with van der Waals surface area (Å²) >= 11 is 3.48. The highest BCUT2D eigenvalue weighted by Crippen LogP contribution is 2.23. The summed E-state index contributed by atoms with van der Waals surface area (Å²) in [5, 5.41) is 5.81. The Hall–Kier alpha value is -0.860. The second-order valence-electron chi connectivity index (χ2n) is 3.76. The predicted molar refractivity (Wildman–Crippen MR) is 69.1 cm³/mol. The Labute approximate surface area is 98.6 Å². The van der Waals surface area contributed by atoms with Gasteiger partial charge in [-0.2, -0.15) is 0 Å². The molecule has 0 radical (unpaired) electrons. The minimum atomic E-state index is 0.401. The highest BCUT2D eigenvalue weighted by atomic mass is 79.9. The molecule has 0 amide bonds. The van der Waals surface area contributed by atoms with Crippen molar-refractivity contribution in [1.29, 1.82) is 0 Å². The van der Waals surface area contributed by atoms with Gasteiger partial charge in [-0.3, -0.25) is 0 Å². The minimum Gasteiger partial charge on any atom is -0.313 e. The lowest BCUT2D eigenvalue weighted by molar-refractivity contribution is 0.653. The van der Waals surface area contributed by atoms with Crippen molar-refractivity contribution in [3.05, 3.63) is 46.4 Å². The fourth-order valence-corrected chi connectivity index (χ4v) is 2.05. The largest absolute Gasteiger partial charge is 0.313 e. The number of hydrogen-bond donors (Lipinski definition) is 1. The van der Waals surface area contributed by atoms with E-state index in [1.54, 1.807) is 0 Å². The van der Waals surface area contributed by atoms with Gasteiger partial charge in [0.05, 0.1) is 0 Å². The lowest BCUT2D eigenvalue weighted by Gasteiger charge is -2.11. The summed E-state index contributed by atoms with van der Waals surface area (Å²) in [4.78, 5) is 0. The van der Waals surface area contributed by atoms with E-state index in [9.17, 15) is 0 Å². The zero-order valence-corrected chi connectivity index (χ0v) is 10.5. The molecule has 0 bridgehead atoms. The summed E-state index contributed by atoms with van der Waals surface area (Å²) in [5.74, 6) is 0. The molecule has 2 aromatic carbocycles. The monoisotopic (exact) mass is 263 g/mol. The molecule has 2 rings (SSSR count). The number of rotatable bonds is 2. The van der Waals surface area contributed by atoms with Crippen molar-refractivity contribution in [3.63, 3.8) is 0 Å². The van der Waals surface area contributed by atoms with Crippen molar-refractivity contribution in [2.24, 2.45) is 0 Å². The minimum absolute atomic E-state index is 0.401. The lowest BCUT2D eigenvalue weighted by atomic mass is 10.0. The average Bonchev–Trinajstić information content (AvgIpc) is 2.27. The number of fused-ring (bicyclic) bond motifs is 1. The summed E-state index contributed by atoms with van der Waals surface area (Å²) < 4.78 is 1.13. The molecule has 0 aliphatic rings. The molecule has 0 aliphatic carbocycles. The van der Waals surface area contributed by atoms with Gasteiger partial charge in [-0.15, -0.1) is 0 Å². The first-order chi connectivity index (χ1) is 7.20. The third-order valence-electron chi connectivity index (χ3n) is 2.76. The molecule has 0 aliphatic heterocycles. The van der Waals surface area contributed by atoms with E-state index in [-0.39, 0.29) is 0 Å². The first-order valence-corrected chi connectivity index (χ1v) is 5.86. The highest BCUT2D eigenvalue weighted by molar-refractivity contribution is 9.10. The maximum atomic E-state index is 3.48. The zero-order chi connectivity index (χ0) is 10.8. The molecule has 0 spiro atoms. The van der Waals surface area contributed by atoms with Gasteiger partial charge in [-0.25, -0.2) is 0 Å². The molecule has 2 aromatic rings. The molecule has 1 N–H and O–H groups in total. The summed E-state index contributed by atoms with van der Waals surface area (Å²) in [6.07, 6.45) is 0. The molecule has 0 saturated carbocycles. The van der Waals surface area contributed by atoms with Crippen LogP contribution in [0, 0.1) is 0 Å². The van der Waals surface area contributed by atoms with E-state index < -0.39 is 0 Å². The van der Waals surface area contributed by atoms with Crippen molar-refractivity contribution >= 4 is 26.7 Å². The van der Waals surface area contributed by atoms with Gasteiger partial charge in [-0.05, 0) is 48.5 Å². The quantitative estimate of drug-likeness (QED) is 0.867. The number of halogens is 1. The van der Waals surface area contributed by atoms with Gasteiger partial charge in [0.25, 0.3) is 0 Å². The number of hydrogen-bond acceptors (Lipinski definition) is 1. The smallest absolute Gasteiger partial charge is 0.0289 e. The van der Waals surface area contributed by atoms with E-state index in [2.05, 4.69) is 64.6 Å². The number of benzene rings is 2. The maximum Gasteiger partial charge on any atom is 0.0289 e. The van der Waals surface area contributed by atoms with Crippen molar-refractivity contribution in [2.45, 2.75) is 13.0 Å². The Kier molecular flexibility index (Phi) is 3.08. The van der Waals surface area contributed by atoms with Gasteiger partial charge in [0.1, 0.15) is 0 Å². The van der Waals surface area contributed by atoms with E-state index in [0.29, 0.717) is 6.04 Å². The molecule has 0 fully saturated rings. The second-order valence-corrected chi connectivity index (χ2v) is 4.68. The molecular weight excluding hydrogens is 250 g/mol. The predicted octanol–water partition coefficient (Wildman–Crippen LogP) is 3.88. The van der Waals surface area contributed by atoms with Crippen LogP contribution < -0.4 is 5.32 Å². The van der Waals surface area contributed by atoms with E-state index >= 15 is 0 Å². The fraction of sp³-hybridized carbons (Fsp3) is 0.231. The lowest BCUT2D eigenvalue weighted by Crippen LogP contribution is -2.11. The second kappa shape index (κ2) is 4.33. The van der Waals surface area contributed by atoms with E-state index in [1.165, 1.54) is 16.3 Å². The van der Waals surface area contributed by atoms with Gasteiger partial charge in [-0.1, -0.05) is 34.1 Å². The Balaban J connectivity index is 2.52. The Bertz CT molecular complexity index is 479. The summed E-state index contributed by atoms with van der Waals surface area (Å²) in [5.41, 5.74) is 1.33. The van der Waals surface area contributed by atoms with Gasteiger partial charge in [0.15, 0.2) is 0 Å². The molecule has 78 valence electrons. The molecule has 0 heterocycles. The Morgan fingerprint density at radius 2 is 1.73 bits per heavy atom. The standard InChI is InChI=1S/C13H14BrN/c1-9(15-2)10-3-4-12-8-13(14)6-5-11(12)7-10/h3-9,15H,1-2H3. The van der Waals surface area contributed by atoms with E-state index in [1.807, 2.05) is 7.05 Å². The van der Waals surface area contributed by atoms with Crippen LogP contribution in [-0.2, 0) is 0 Å². The first-order valence-electron chi connectivity index (χ1n) is 5.07. The van der Waals surface area contributed by atoms with Gasteiger partial charge in [0.2, 0.25) is 0 Å². The molecule has 1 unspecified atom stereocenters. The normalized spacial score (nSPS) is 13.0. The zero-order valence-electron chi connectivity index (χ0n) is 8.92. The Morgan fingerprint density at radius 3 is 2.47 bits per heavy atom. The van der Waals surface area contributed by atoms with Gasteiger partial charge < -0.3 is 5.32 Å². The molecule has 1 nitrogen and oxygen atoms in total. The molecule has 2 heteroatoms. The number of nitrogens with one attached hydrogen (secondary N) is 1. The first kappa shape index (κ1) is 10.7. The third-order valence-corrected chi connectivity index (χ3v) is 3.25. The Morgan fingerprint density at radius 1 is 1.07 bits per heavy atom. The van der Waals surface area contributed by atoms with Crippen LogP contribution in [0.3, 0.4) is 0 Å². The van der Waals surface area contributed by atoms with Crippen LogP contribution in [0.2, 0.25) is 0 Å². The summed E-state index contributed by atoms with van der Waals surface area (Å²) in [6.45, 7) is 2.17. The summed E-state index contributed by atoms with van der Waals surface area (Å²) in [6, 6.07) is 13.4. The van der Waals surface area contributed by atoms with Crippen molar-refractivity contribution in [1.82, 2.24) is 5.32 Å². The third kappa shape index (κ3) is 2.21. The van der Waals surface area contributed by atoms with Crippen molar-refractivity contribution in [3.8, 4) is 0 Å². The van der Waals surface area contributed by atoms with E-state index in [4.69, 9.17) is 0 Å². The van der Waals surface area contributed by atoms with Gasteiger partial charge >= 0.3 is 0 Å². The van der Waals surface area contributed by atoms with Crippen LogP contribution in [0.25, 0.3) is 10.8 Å². The van der Waals surface area contributed by atoms with Crippen molar-refractivity contribution < 1.29 is 0 Å². The topological polar surface area (TPSA) is 12.0 Å². The SMILES string of the molecule is CNC(C)c1ccc2cc(Br)ccc2c1. The molecule has 1 atom stereocenters. The molecule has 0 saturated heterocycles. The van der Waals surface area contributed by atoms with Crippen LogP contribution in [0.15, 0.2) is 40.9 Å². The fourth-order valence-electron chi connectivity index (χ4n) is 1.67. The molecule has 15 heavy (non-hydrogen) atoms. The van der Waals surface area contributed by atoms with Crippen LogP contribution in [0.4, 0.5) is 0 Å². The molecule has 0 aromatic heterocycles. The van der Waals surface area contributed by atoms with Crippen LogP contribution >= 0.6 is 15.9 Å². The van der Waals surface area contributed by atoms with E-state index in [0.717, 1.165) is 4.47 Å². The highest BCUT2D eigenvalue weighted by Gasteiger charge is 2.03. The van der Waals surface area contributed by atoms with Crippen molar-refractivity contribution in [2.75, 3.05) is 7.05 Å². The van der Waals surface area contributed by atoms with Crippen LogP contribution in [-0.4, -0.2) is 7.05 Å². The maximum absolute atomic E-state index is 3.48. The molecular formula is C13H14BrN. The van der Waals surface area contributed by atoms with Gasteiger partial charge in [0, 0.05) is 10.5 Å². The van der Waals surface area contributed by atoms with Crippen LogP contribution in [0.5, 0.6) is 0 Å². The average molecular weight is 264 g/mol.